The zero-order chi connectivity index (χ0) is 10.4. The highest BCUT2D eigenvalue weighted by Gasteiger charge is 1.97. The van der Waals surface area contributed by atoms with Gasteiger partial charge in [0.15, 0.2) is 0 Å². The van der Waals surface area contributed by atoms with Gasteiger partial charge in [-0.3, -0.25) is 0 Å². The van der Waals surface area contributed by atoms with Crippen LogP contribution < -0.4 is 0 Å². The van der Waals surface area contributed by atoms with Gasteiger partial charge in [0.2, 0.25) is 0 Å². The molecule has 1 heteroatoms. The molecule has 0 aromatic heterocycles. The fraction of sp³-hybridized carbons (Fsp3) is 0.231. The first-order valence-corrected chi connectivity index (χ1v) is 4.74. The van der Waals surface area contributed by atoms with Gasteiger partial charge in [-0.05, 0) is 18.9 Å². The van der Waals surface area contributed by atoms with Crippen LogP contribution in [-0.4, -0.2) is 11.2 Å². The molecule has 0 bridgehead atoms. The van der Waals surface area contributed by atoms with Crippen LogP contribution in [0.3, 0.4) is 0 Å². The Labute approximate surface area is 85.4 Å². The van der Waals surface area contributed by atoms with Crippen molar-refractivity contribution in [1.29, 1.82) is 0 Å². The minimum Gasteiger partial charge on any atom is -0.389 e. The molecule has 0 radical (unpaired) electrons. The molecule has 1 nitrogen and oxygen atoms in total. The van der Waals surface area contributed by atoms with E-state index < -0.39 is 6.10 Å². The van der Waals surface area contributed by atoms with E-state index in [1.54, 1.807) is 6.08 Å². The molecule has 0 aliphatic rings. The van der Waals surface area contributed by atoms with Crippen molar-refractivity contribution in [2.24, 2.45) is 0 Å². The molecule has 0 aliphatic heterocycles. The number of aliphatic hydroxyl groups is 1. The first kappa shape index (κ1) is 10.7. The Bertz CT molecular complexity index is 311. The summed E-state index contributed by atoms with van der Waals surface area (Å²) in [5.41, 5.74) is 2.10. The molecule has 0 amide bonds. The molecule has 1 aromatic carbocycles. The third kappa shape index (κ3) is 4.06. The van der Waals surface area contributed by atoms with E-state index in [1.807, 2.05) is 43.3 Å². The molecule has 0 aliphatic carbocycles. The predicted molar refractivity (Wildman–Crippen MR) is 60.9 cm³/mol. The van der Waals surface area contributed by atoms with Crippen LogP contribution in [0.25, 0.3) is 6.08 Å². The lowest BCUT2D eigenvalue weighted by Crippen LogP contribution is -2.01. The van der Waals surface area contributed by atoms with Crippen LogP contribution in [0.1, 0.15) is 18.9 Å². The molecule has 1 unspecified atom stereocenters. The second kappa shape index (κ2) is 5.40. The van der Waals surface area contributed by atoms with Gasteiger partial charge in [-0.1, -0.05) is 48.1 Å². The fourth-order valence-electron chi connectivity index (χ4n) is 1.21. The Morgan fingerprint density at radius 3 is 2.64 bits per heavy atom. The Morgan fingerprint density at radius 2 is 2.07 bits per heavy atom. The lowest BCUT2D eigenvalue weighted by molar-refractivity contribution is 0.224. The van der Waals surface area contributed by atoms with Crippen LogP contribution in [0.15, 0.2) is 48.6 Å². The van der Waals surface area contributed by atoms with Gasteiger partial charge in [-0.15, -0.1) is 6.58 Å². The summed E-state index contributed by atoms with van der Waals surface area (Å²) < 4.78 is 0. The highest BCUT2D eigenvalue weighted by atomic mass is 16.3. The van der Waals surface area contributed by atoms with E-state index in [0.29, 0.717) is 6.42 Å². The van der Waals surface area contributed by atoms with Crippen molar-refractivity contribution >= 4 is 6.08 Å². The summed E-state index contributed by atoms with van der Waals surface area (Å²) in [5, 5.41) is 9.53. The molecule has 1 aromatic rings. The summed E-state index contributed by atoms with van der Waals surface area (Å²) in [4.78, 5) is 0. The van der Waals surface area contributed by atoms with Gasteiger partial charge in [0.25, 0.3) is 0 Å². The molecule has 0 heterocycles. The average Bonchev–Trinajstić information content (AvgIpc) is 2.15. The van der Waals surface area contributed by atoms with Crippen molar-refractivity contribution in [2.75, 3.05) is 0 Å². The lowest BCUT2D eigenvalue weighted by Gasteiger charge is -2.03. The summed E-state index contributed by atoms with van der Waals surface area (Å²) >= 11 is 0. The van der Waals surface area contributed by atoms with E-state index in [4.69, 9.17) is 0 Å². The van der Waals surface area contributed by atoms with Crippen LogP contribution in [0, 0.1) is 0 Å². The maximum atomic E-state index is 9.53. The van der Waals surface area contributed by atoms with Gasteiger partial charge < -0.3 is 5.11 Å². The third-order valence-corrected chi connectivity index (χ3v) is 1.87. The van der Waals surface area contributed by atoms with Crippen LogP contribution in [-0.2, 0) is 0 Å². The zero-order valence-electron chi connectivity index (χ0n) is 8.48. The summed E-state index contributed by atoms with van der Waals surface area (Å²) in [6.45, 7) is 5.67. The Morgan fingerprint density at radius 1 is 1.43 bits per heavy atom. The Kier molecular flexibility index (Phi) is 4.14. The van der Waals surface area contributed by atoms with E-state index in [2.05, 4.69) is 6.58 Å². The van der Waals surface area contributed by atoms with Crippen molar-refractivity contribution in [1.82, 2.24) is 0 Å². The number of aliphatic hydroxyl groups excluding tert-OH is 1. The number of hydrogen-bond acceptors (Lipinski definition) is 1. The van der Waals surface area contributed by atoms with Gasteiger partial charge in [0, 0.05) is 0 Å². The molecule has 74 valence electrons. The molecular formula is C13H16O. The predicted octanol–water partition coefficient (Wildman–Crippen LogP) is 3.03. The molecule has 1 atom stereocenters. The van der Waals surface area contributed by atoms with Crippen LogP contribution in [0.2, 0.25) is 0 Å². The number of rotatable bonds is 4. The molecule has 1 rings (SSSR count). The van der Waals surface area contributed by atoms with Crippen molar-refractivity contribution in [3.63, 3.8) is 0 Å². The minimum absolute atomic E-state index is 0.423. The maximum absolute atomic E-state index is 9.53. The zero-order valence-corrected chi connectivity index (χ0v) is 8.48. The van der Waals surface area contributed by atoms with Crippen molar-refractivity contribution in [3.8, 4) is 0 Å². The standard InChI is InChI=1S/C13H16O/c1-11(2)10-13(14)9-8-12-6-4-3-5-7-12/h3-9,13-14H,1,10H2,2H3/b9-8+. The van der Waals surface area contributed by atoms with E-state index in [9.17, 15) is 5.11 Å². The molecule has 0 fully saturated rings. The SMILES string of the molecule is C=C(C)CC(O)/C=C/c1ccccc1. The van der Waals surface area contributed by atoms with E-state index in [1.165, 1.54) is 0 Å². The van der Waals surface area contributed by atoms with Gasteiger partial charge in [-0.2, -0.15) is 0 Å². The van der Waals surface area contributed by atoms with Crippen molar-refractivity contribution in [2.45, 2.75) is 19.4 Å². The fourth-order valence-corrected chi connectivity index (χ4v) is 1.21. The molecule has 0 spiro atoms. The molecule has 0 saturated heterocycles. The van der Waals surface area contributed by atoms with Crippen molar-refractivity contribution in [3.05, 3.63) is 54.1 Å². The summed E-state index contributed by atoms with van der Waals surface area (Å²) in [6.07, 6.45) is 3.92. The second-order valence-electron chi connectivity index (χ2n) is 3.50. The minimum atomic E-state index is -0.423. The maximum Gasteiger partial charge on any atom is 0.0761 e. The van der Waals surface area contributed by atoms with Crippen molar-refractivity contribution < 1.29 is 5.11 Å². The second-order valence-corrected chi connectivity index (χ2v) is 3.50. The van der Waals surface area contributed by atoms with Gasteiger partial charge in [0.1, 0.15) is 0 Å². The molecule has 14 heavy (non-hydrogen) atoms. The molecule has 1 N–H and O–H groups in total. The van der Waals surface area contributed by atoms with E-state index in [0.717, 1.165) is 11.1 Å². The molecular weight excluding hydrogens is 172 g/mol. The summed E-state index contributed by atoms with van der Waals surface area (Å²) in [5.74, 6) is 0. The average molecular weight is 188 g/mol. The van der Waals surface area contributed by atoms with Gasteiger partial charge in [-0.25, -0.2) is 0 Å². The largest absolute Gasteiger partial charge is 0.389 e. The van der Waals surface area contributed by atoms with Crippen LogP contribution >= 0.6 is 0 Å². The normalized spacial score (nSPS) is 13.0. The van der Waals surface area contributed by atoms with E-state index in [-0.39, 0.29) is 0 Å². The smallest absolute Gasteiger partial charge is 0.0761 e. The summed E-state index contributed by atoms with van der Waals surface area (Å²) in [6, 6.07) is 9.94. The highest BCUT2D eigenvalue weighted by Crippen LogP contribution is 2.06. The Hall–Kier alpha value is -1.34. The first-order chi connectivity index (χ1) is 6.68. The van der Waals surface area contributed by atoms with Gasteiger partial charge in [0.05, 0.1) is 6.10 Å². The van der Waals surface area contributed by atoms with Gasteiger partial charge >= 0.3 is 0 Å². The summed E-state index contributed by atoms with van der Waals surface area (Å²) in [7, 11) is 0. The van der Waals surface area contributed by atoms with E-state index >= 15 is 0 Å². The number of hydrogen-bond donors (Lipinski definition) is 1. The first-order valence-electron chi connectivity index (χ1n) is 4.74. The molecule has 0 saturated carbocycles. The monoisotopic (exact) mass is 188 g/mol. The third-order valence-electron chi connectivity index (χ3n) is 1.87. The van der Waals surface area contributed by atoms with Crippen LogP contribution in [0.5, 0.6) is 0 Å². The Balaban J connectivity index is 2.52. The lowest BCUT2D eigenvalue weighted by atomic mass is 10.1. The van der Waals surface area contributed by atoms with Crippen LogP contribution in [0.4, 0.5) is 0 Å². The quantitative estimate of drug-likeness (QED) is 0.720. The topological polar surface area (TPSA) is 20.2 Å². The highest BCUT2D eigenvalue weighted by molar-refractivity contribution is 5.49. The number of benzene rings is 1.